The maximum atomic E-state index is 12.7. The lowest BCUT2D eigenvalue weighted by atomic mass is 10.2. The first-order chi connectivity index (χ1) is 12.5. The van der Waals surface area contributed by atoms with Crippen LogP contribution in [0.4, 0.5) is 0 Å². The van der Waals surface area contributed by atoms with Crippen LogP contribution in [0.15, 0.2) is 10.5 Å². The molecule has 0 aliphatic carbocycles. The average molecular weight is 363 g/mol. The highest BCUT2D eigenvalue weighted by Crippen LogP contribution is 2.17. The van der Waals surface area contributed by atoms with Crippen LogP contribution in [0, 0.1) is 13.8 Å². The van der Waals surface area contributed by atoms with E-state index in [1.54, 1.807) is 6.07 Å². The molecule has 1 aromatic heterocycles. The summed E-state index contributed by atoms with van der Waals surface area (Å²) in [6.45, 7) is 8.29. The summed E-state index contributed by atoms with van der Waals surface area (Å²) in [5, 5.41) is 2.96. The van der Waals surface area contributed by atoms with Crippen LogP contribution in [0.1, 0.15) is 41.1 Å². The molecule has 1 unspecified atom stereocenters. The van der Waals surface area contributed by atoms with E-state index >= 15 is 0 Å². The number of rotatable bonds is 5. The van der Waals surface area contributed by atoms with Gasteiger partial charge in [0.2, 0.25) is 5.91 Å². The van der Waals surface area contributed by atoms with Crippen molar-refractivity contribution in [3.63, 3.8) is 0 Å². The molecule has 7 nitrogen and oxygen atoms in total. The van der Waals surface area contributed by atoms with Gasteiger partial charge in [0.05, 0.1) is 18.2 Å². The fourth-order valence-corrected chi connectivity index (χ4v) is 3.64. The van der Waals surface area contributed by atoms with Gasteiger partial charge in [-0.2, -0.15) is 0 Å². The first kappa shape index (κ1) is 18.9. The summed E-state index contributed by atoms with van der Waals surface area (Å²) < 4.78 is 11.0. The number of nitrogens with zero attached hydrogens (tertiary/aromatic N) is 2. The molecule has 7 heteroatoms. The van der Waals surface area contributed by atoms with E-state index in [9.17, 15) is 9.59 Å². The van der Waals surface area contributed by atoms with Crippen molar-refractivity contribution in [3.8, 4) is 0 Å². The van der Waals surface area contributed by atoms with Crippen LogP contribution in [0.2, 0.25) is 0 Å². The molecule has 3 rings (SSSR count). The summed E-state index contributed by atoms with van der Waals surface area (Å²) in [4.78, 5) is 28.9. The topological polar surface area (TPSA) is 75.0 Å². The highest BCUT2D eigenvalue weighted by atomic mass is 16.5. The fraction of sp³-hybridized carbons (Fsp3) is 0.684. The molecule has 0 aromatic carbocycles. The predicted octanol–water partition coefficient (Wildman–Crippen LogP) is 1.34. The molecule has 144 valence electrons. The molecule has 2 amide bonds. The lowest BCUT2D eigenvalue weighted by molar-refractivity contribution is -0.122. The first-order valence-corrected chi connectivity index (χ1v) is 9.50. The molecule has 0 saturated carbocycles. The summed E-state index contributed by atoms with van der Waals surface area (Å²) in [5.74, 6) is 1.47. The van der Waals surface area contributed by atoms with Crippen molar-refractivity contribution in [1.29, 1.82) is 0 Å². The second-order valence-corrected chi connectivity index (χ2v) is 7.19. The third-order valence-corrected chi connectivity index (χ3v) is 5.07. The van der Waals surface area contributed by atoms with E-state index < -0.39 is 0 Å². The van der Waals surface area contributed by atoms with E-state index in [1.165, 1.54) is 0 Å². The van der Waals surface area contributed by atoms with Crippen LogP contribution in [-0.2, 0) is 9.53 Å². The largest absolute Gasteiger partial charge is 0.466 e. The van der Waals surface area contributed by atoms with Crippen molar-refractivity contribution < 1.29 is 18.7 Å². The third-order valence-electron chi connectivity index (χ3n) is 5.07. The van der Waals surface area contributed by atoms with E-state index in [1.807, 2.05) is 18.7 Å². The predicted molar refractivity (Wildman–Crippen MR) is 97.1 cm³/mol. The number of aryl methyl sites for hydroxylation is 2. The Morgan fingerprint density at radius 2 is 2.04 bits per heavy atom. The Morgan fingerprint density at radius 3 is 2.73 bits per heavy atom. The number of furan rings is 1. The van der Waals surface area contributed by atoms with Gasteiger partial charge in [0.15, 0.2) is 0 Å². The van der Waals surface area contributed by atoms with Crippen molar-refractivity contribution in [3.05, 3.63) is 23.2 Å². The Morgan fingerprint density at radius 1 is 1.19 bits per heavy atom. The van der Waals surface area contributed by atoms with Gasteiger partial charge in [-0.3, -0.25) is 14.5 Å². The zero-order chi connectivity index (χ0) is 18.5. The van der Waals surface area contributed by atoms with Crippen LogP contribution in [0.25, 0.3) is 0 Å². The lowest BCUT2D eigenvalue weighted by Gasteiger charge is -2.22. The Balaban J connectivity index is 1.46. The van der Waals surface area contributed by atoms with Gasteiger partial charge in [-0.05, 0) is 39.2 Å². The molecule has 1 N–H and O–H groups in total. The van der Waals surface area contributed by atoms with Gasteiger partial charge in [-0.1, -0.05) is 0 Å². The van der Waals surface area contributed by atoms with Gasteiger partial charge < -0.3 is 19.4 Å². The minimum atomic E-state index is 0.0176. The normalized spacial score (nSPS) is 21.6. The Bertz CT molecular complexity index is 637. The van der Waals surface area contributed by atoms with E-state index in [0.717, 1.165) is 38.2 Å². The number of hydrogen-bond acceptors (Lipinski definition) is 5. The van der Waals surface area contributed by atoms with Gasteiger partial charge in [0, 0.05) is 39.3 Å². The van der Waals surface area contributed by atoms with Gasteiger partial charge in [0.25, 0.3) is 5.91 Å². The molecule has 0 radical (unpaired) electrons. The minimum absolute atomic E-state index is 0.0176. The maximum absolute atomic E-state index is 12.7. The quantitative estimate of drug-likeness (QED) is 0.854. The second-order valence-electron chi connectivity index (χ2n) is 7.19. The maximum Gasteiger partial charge on any atom is 0.257 e. The zero-order valence-corrected chi connectivity index (χ0v) is 15.8. The first-order valence-electron chi connectivity index (χ1n) is 9.50. The molecule has 2 fully saturated rings. The SMILES string of the molecule is Cc1cc(C(=O)N2CCCN(CC(=O)NCC3CCCO3)CC2)c(C)o1. The Hall–Kier alpha value is -1.86. The molecule has 2 aliphatic heterocycles. The number of carbonyl (C=O) groups is 2. The molecule has 0 spiro atoms. The number of carbonyl (C=O) groups excluding carboxylic acids is 2. The van der Waals surface area contributed by atoms with Crippen molar-refractivity contribution >= 4 is 11.8 Å². The van der Waals surface area contributed by atoms with E-state index in [2.05, 4.69) is 10.2 Å². The number of hydrogen-bond donors (Lipinski definition) is 1. The molecule has 1 atom stereocenters. The molecule has 0 bridgehead atoms. The lowest BCUT2D eigenvalue weighted by Crippen LogP contribution is -2.42. The zero-order valence-electron chi connectivity index (χ0n) is 15.8. The van der Waals surface area contributed by atoms with E-state index in [4.69, 9.17) is 9.15 Å². The van der Waals surface area contributed by atoms with Crippen LogP contribution in [-0.4, -0.2) is 73.6 Å². The average Bonchev–Trinajstić information content (AvgIpc) is 3.17. The summed E-state index contributed by atoms with van der Waals surface area (Å²) in [6.07, 6.45) is 3.12. The Kier molecular flexibility index (Phi) is 6.32. The smallest absolute Gasteiger partial charge is 0.257 e. The minimum Gasteiger partial charge on any atom is -0.466 e. The second kappa shape index (κ2) is 8.68. The summed E-state index contributed by atoms with van der Waals surface area (Å²) in [7, 11) is 0. The molecule has 26 heavy (non-hydrogen) atoms. The van der Waals surface area contributed by atoms with Crippen molar-refractivity contribution in [2.45, 2.75) is 39.2 Å². The van der Waals surface area contributed by atoms with E-state index in [-0.39, 0.29) is 17.9 Å². The number of amides is 2. The summed E-state index contributed by atoms with van der Waals surface area (Å²) >= 11 is 0. The molecule has 1 aromatic rings. The highest BCUT2D eigenvalue weighted by Gasteiger charge is 2.24. The van der Waals surface area contributed by atoms with Gasteiger partial charge in [-0.25, -0.2) is 0 Å². The standard InChI is InChI=1S/C19H29N3O4/c1-14-11-17(15(2)26-14)19(24)22-7-4-6-21(8-9-22)13-18(23)20-12-16-5-3-10-25-16/h11,16H,3-10,12-13H2,1-2H3,(H,20,23). The van der Waals surface area contributed by atoms with Gasteiger partial charge in [-0.15, -0.1) is 0 Å². The van der Waals surface area contributed by atoms with Crippen molar-refractivity contribution in [2.24, 2.45) is 0 Å². The molecular weight excluding hydrogens is 334 g/mol. The van der Waals surface area contributed by atoms with Gasteiger partial charge in [0.1, 0.15) is 11.5 Å². The van der Waals surface area contributed by atoms with E-state index in [0.29, 0.717) is 44.0 Å². The molecule has 2 saturated heterocycles. The number of nitrogens with one attached hydrogen (secondary N) is 1. The third kappa shape index (κ3) is 4.86. The molecular formula is C19H29N3O4. The van der Waals surface area contributed by atoms with Crippen LogP contribution >= 0.6 is 0 Å². The summed E-state index contributed by atoms with van der Waals surface area (Å²) in [5.41, 5.74) is 0.644. The fourth-order valence-electron chi connectivity index (χ4n) is 3.64. The van der Waals surface area contributed by atoms with Crippen LogP contribution in [0.5, 0.6) is 0 Å². The van der Waals surface area contributed by atoms with Crippen molar-refractivity contribution in [2.75, 3.05) is 45.9 Å². The molecule has 3 heterocycles. The van der Waals surface area contributed by atoms with Crippen LogP contribution < -0.4 is 5.32 Å². The highest BCUT2D eigenvalue weighted by molar-refractivity contribution is 5.95. The summed E-state index contributed by atoms with van der Waals surface area (Å²) in [6, 6.07) is 1.80. The Labute approximate surface area is 154 Å². The molecule has 2 aliphatic rings. The van der Waals surface area contributed by atoms with Crippen molar-refractivity contribution in [1.82, 2.24) is 15.1 Å². The monoisotopic (exact) mass is 363 g/mol. The number of ether oxygens (including phenoxy) is 1. The van der Waals surface area contributed by atoms with Crippen LogP contribution in [0.3, 0.4) is 0 Å². The van der Waals surface area contributed by atoms with Gasteiger partial charge >= 0.3 is 0 Å².